The molecule has 180 valence electrons. The molecule has 11 heteroatoms. The van der Waals surface area contributed by atoms with Crippen molar-refractivity contribution in [2.75, 3.05) is 11.9 Å². The molecule has 35 heavy (non-hydrogen) atoms. The van der Waals surface area contributed by atoms with Crippen LogP contribution in [0.2, 0.25) is 0 Å². The smallest absolute Gasteiger partial charge is 0.273 e. The third kappa shape index (κ3) is 4.62. The molecular weight excluding hydrogens is 454 g/mol. The van der Waals surface area contributed by atoms with Crippen molar-refractivity contribution < 1.29 is 29.0 Å². The lowest BCUT2D eigenvalue weighted by Gasteiger charge is -2.34. The molecule has 2 aromatic carbocycles. The summed E-state index contributed by atoms with van der Waals surface area (Å²) in [6.07, 6.45) is 1.42. The minimum atomic E-state index is -1.15. The molecule has 2 heterocycles. The van der Waals surface area contributed by atoms with Crippen molar-refractivity contribution >= 4 is 23.4 Å². The number of carbonyl (C=O) groups is 3. The van der Waals surface area contributed by atoms with Crippen LogP contribution < -0.4 is 5.32 Å². The molecule has 1 aliphatic heterocycles. The standard InChI is InChI=1S/C24H23N5O6/c1-14(32)25-17-8-6-16(7-9-17)18-4-3-5-19-20(18)12-28(24(19)34)29(22(33)10-11-30)21(13-31)23-27-26-15(2)35-23/h3-11,21,30-31H,12-13H2,1-2H3,(H,25,32)/b11-10+. The van der Waals surface area contributed by atoms with Gasteiger partial charge in [0.15, 0.2) is 6.04 Å². The van der Waals surface area contributed by atoms with Crippen molar-refractivity contribution in [3.8, 4) is 11.1 Å². The maximum absolute atomic E-state index is 13.4. The summed E-state index contributed by atoms with van der Waals surface area (Å²) in [4.78, 5) is 37.7. The Morgan fingerprint density at radius 2 is 1.91 bits per heavy atom. The van der Waals surface area contributed by atoms with E-state index in [1.807, 2.05) is 18.2 Å². The molecule has 0 saturated carbocycles. The van der Waals surface area contributed by atoms with Crippen LogP contribution in [-0.2, 0) is 16.1 Å². The number of hydrazine groups is 1. The predicted octanol–water partition coefficient (Wildman–Crippen LogP) is 2.51. The van der Waals surface area contributed by atoms with Crippen LogP contribution in [-0.4, -0.2) is 54.8 Å². The largest absolute Gasteiger partial charge is 0.515 e. The Bertz CT molecular complexity index is 1300. The lowest BCUT2D eigenvalue weighted by Crippen LogP contribution is -2.49. The highest BCUT2D eigenvalue weighted by Gasteiger charge is 2.40. The van der Waals surface area contributed by atoms with E-state index in [9.17, 15) is 24.6 Å². The number of aliphatic hydroxyl groups is 2. The molecule has 0 radical (unpaired) electrons. The van der Waals surface area contributed by atoms with E-state index in [1.165, 1.54) is 11.9 Å². The number of aromatic nitrogens is 2. The van der Waals surface area contributed by atoms with Crippen LogP contribution in [0.5, 0.6) is 0 Å². The molecule has 11 nitrogen and oxygen atoms in total. The summed E-state index contributed by atoms with van der Waals surface area (Å²) < 4.78 is 5.42. The number of carbonyl (C=O) groups excluding carboxylic acids is 3. The molecule has 1 aromatic heterocycles. The molecule has 0 saturated heterocycles. The highest BCUT2D eigenvalue weighted by molar-refractivity contribution is 6.02. The quantitative estimate of drug-likeness (QED) is 0.347. The number of fused-ring (bicyclic) bond motifs is 1. The van der Waals surface area contributed by atoms with E-state index in [-0.39, 0.29) is 24.2 Å². The van der Waals surface area contributed by atoms with Crippen LogP contribution in [0.3, 0.4) is 0 Å². The highest BCUT2D eigenvalue weighted by Crippen LogP contribution is 2.36. The van der Waals surface area contributed by atoms with E-state index in [1.54, 1.807) is 31.2 Å². The molecule has 0 bridgehead atoms. The van der Waals surface area contributed by atoms with Gasteiger partial charge in [0.2, 0.25) is 17.7 Å². The number of hydrogen-bond donors (Lipinski definition) is 3. The zero-order chi connectivity index (χ0) is 25.1. The first-order valence-corrected chi connectivity index (χ1v) is 10.7. The minimum Gasteiger partial charge on any atom is -0.515 e. The second-order valence-electron chi connectivity index (χ2n) is 7.81. The van der Waals surface area contributed by atoms with E-state index in [0.717, 1.165) is 22.2 Å². The van der Waals surface area contributed by atoms with Crippen LogP contribution in [0.25, 0.3) is 11.1 Å². The van der Waals surface area contributed by atoms with Crippen molar-refractivity contribution in [2.24, 2.45) is 0 Å². The van der Waals surface area contributed by atoms with Gasteiger partial charge in [-0.3, -0.25) is 14.4 Å². The zero-order valence-corrected chi connectivity index (χ0v) is 19.0. The van der Waals surface area contributed by atoms with Crippen LogP contribution in [0.1, 0.15) is 40.7 Å². The Balaban J connectivity index is 1.72. The summed E-state index contributed by atoms with van der Waals surface area (Å²) in [6.45, 7) is 2.40. The van der Waals surface area contributed by atoms with E-state index in [2.05, 4.69) is 15.5 Å². The van der Waals surface area contributed by atoms with E-state index in [0.29, 0.717) is 23.1 Å². The van der Waals surface area contributed by atoms with Crippen LogP contribution in [0.15, 0.2) is 59.2 Å². The fraction of sp³-hybridized carbons (Fsp3) is 0.208. The van der Waals surface area contributed by atoms with Crippen molar-refractivity contribution in [2.45, 2.75) is 26.4 Å². The van der Waals surface area contributed by atoms with Crippen molar-refractivity contribution in [1.82, 2.24) is 20.2 Å². The summed E-state index contributed by atoms with van der Waals surface area (Å²) in [5, 5.41) is 31.8. The second kappa shape index (κ2) is 9.77. The number of nitrogens with zero attached hydrogens (tertiary/aromatic N) is 4. The van der Waals surface area contributed by atoms with Gasteiger partial charge in [0.1, 0.15) is 0 Å². The number of hydrogen-bond acceptors (Lipinski definition) is 8. The Hall–Kier alpha value is -4.51. The van der Waals surface area contributed by atoms with Crippen LogP contribution in [0, 0.1) is 6.92 Å². The maximum atomic E-state index is 13.4. The number of amides is 3. The zero-order valence-electron chi connectivity index (χ0n) is 19.0. The molecule has 0 fully saturated rings. The summed E-state index contributed by atoms with van der Waals surface area (Å²) in [5.41, 5.74) is 3.28. The third-order valence-electron chi connectivity index (χ3n) is 5.46. The number of nitrogens with one attached hydrogen (secondary N) is 1. The molecule has 3 aromatic rings. The molecule has 1 aliphatic rings. The fourth-order valence-electron chi connectivity index (χ4n) is 3.99. The Morgan fingerprint density at radius 3 is 2.51 bits per heavy atom. The first kappa shape index (κ1) is 23.6. The summed E-state index contributed by atoms with van der Waals surface area (Å²) in [6, 6.07) is 11.3. The number of aryl methyl sites for hydroxylation is 1. The van der Waals surface area contributed by atoms with Crippen molar-refractivity contribution in [1.29, 1.82) is 0 Å². The highest BCUT2D eigenvalue weighted by atomic mass is 16.4. The molecule has 3 amide bonds. The summed E-state index contributed by atoms with van der Waals surface area (Å²) >= 11 is 0. The van der Waals surface area contributed by atoms with Crippen molar-refractivity contribution in [3.63, 3.8) is 0 Å². The van der Waals surface area contributed by atoms with Crippen LogP contribution in [0.4, 0.5) is 5.69 Å². The van der Waals surface area contributed by atoms with E-state index >= 15 is 0 Å². The fourth-order valence-corrected chi connectivity index (χ4v) is 3.99. The summed E-state index contributed by atoms with van der Waals surface area (Å²) in [5.74, 6) is -1.24. The first-order chi connectivity index (χ1) is 16.8. The summed E-state index contributed by atoms with van der Waals surface area (Å²) in [7, 11) is 0. The van der Waals surface area contributed by atoms with Gasteiger partial charge in [-0.2, -0.15) is 0 Å². The predicted molar refractivity (Wildman–Crippen MR) is 124 cm³/mol. The van der Waals surface area contributed by atoms with Crippen LogP contribution >= 0.6 is 0 Å². The molecule has 1 atom stereocenters. The molecule has 0 aliphatic carbocycles. The monoisotopic (exact) mass is 477 g/mol. The number of rotatable bonds is 7. The Morgan fingerprint density at radius 1 is 1.20 bits per heavy atom. The lowest BCUT2D eigenvalue weighted by molar-refractivity contribution is -0.148. The van der Waals surface area contributed by atoms with Gasteiger partial charge in [0.25, 0.3) is 11.8 Å². The molecule has 1 unspecified atom stereocenters. The van der Waals surface area contributed by atoms with Gasteiger partial charge in [-0.15, -0.1) is 10.2 Å². The van der Waals surface area contributed by atoms with Gasteiger partial charge < -0.3 is 19.9 Å². The van der Waals surface area contributed by atoms with Crippen molar-refractivity contribution in [3.05, 3.63) is 77.7 Å². The average Bonchev–Trinajstić information content (AvgIpc) is 3.40. The van der Waals surface area contributed by atoms with Gasteiger partial charge in [-0.1, -0.05) is 24.3 Å². The molecule has 4 rings (SSSR count). The maximum Gasteiger partial charge on any atom is 0.273 e. The van der Waals surface area contributed by atoms with Gasteiger partial charge >= 0.3 is 0 Å². The number of benzene rings is 2. The van der Waals surface area contributed by atoms with Gasteiger partial charge in [0.05, 0.1) is 19.4 Å². The Kier molecular flexibility index (Phi) is 6.60. The number of anilines is 1. The lowest BCUT2D eigenvalue weighted by atomic mass is 9.97. The molecule has 3 N–H and O–H groups in total. The molecule has 0 spiro atoms. The minimum absolute atomic E-state index is 0.0203. The third-order valence-corrected chi connectivity index (χ3v) is 5.46. The second-order valence-corrected chi connectivity index (χ2v) is 7.81. The van der Waals surface area contributed by atoms with E-state index < -0.39 is 24.5 Å². The van der Waals surface area contributed by atoms with Gasteiger partial charge in [0, 0.05) is 31.2 Å². The van der Waals surface area contributed by atoms with Gasteiger partial charge in [-0.25, -0.2) is 10.0 Å². The normalized spacial score (nSPS) is 13.7. The molecular formula is C24H23N5O6. The SMILES string of the molecule is CC(=O)Nc1ccc(-c2cccc3c2CN(N(C(=O)/C=C/O)C(CO)c2nnc(C)o2)C3=O)cc1. The number of aliphatic hydroxyl groups excluding tert-OH is 2. The van der Waals surface area contributed by atoms with Gasteiger partial charge in [-0.05, 0) is 34.9 Å². The topological polar surface area (TPSA) is 149 Å². The average molecular weight is 477 g/mol. The first-order valence-electron chi connectivity index (χ1n) is 10.7. The van der Waals surface area contributed by atoms with E-state index in [4.69, 9.17) is 4.42 Å². The Labute approximate surface area is 200 Å².